The number of aryl methyl sites for hydroxylation is 2. The Morgan fingerprint density at radius 1 is 0.923 bits per heavy atom. The van der Waals surface area contributed by atoms with Crippen LogP contribution >= 0.6 is 11.3 Å². The quantitative estimate of drug-likeness (QED) is 0.708. The summed E-state index contributed by atoms with van der Waals surface area (Å²) in [5.41, 5.74) is 3.20. The summed E-state index contributed by atoms with van der Waals surface area (Å²) >= 11 is 1.82. The van der Waals surface area contributed by atoms with E-state index in [1.165, 1.54) is 10.6 Å². The monoisotopic (exact) mass is 365 g/mol. The molecular weight excluding hydrogens is 342 g/mol. The first kappa shape index (κ1) is 17.1. The number of rotatable bonds is 4. The predicted molar refractivity (Wildman–Crippen MR) is 107 cm³/mol. The number of piperazine rings is 1. The van der Waals surface area contributed by atoms with Crippen LogP contribution in [-0.4, -0.2) is 46.3 Å². The molecule has 0 bridgehead atoms. The Bertz CT molecular complexity index is 852. The third kappa shape index (κ3) is 3.76. The molecule has 134 valence electrons. The summed E-state index contributed by atoms with van der Waals surface area (Å²) < 4.78 is 0. The van der Waals surface area contributed by atoms with Gasteiger partial charge in [0.2, 0.25) is 0 Å². The van der Waals surface area contributed by atoms with Gasteiger partial charge in [-0.3, -0.25) is 4.90 Å². The Labute approximate surface area is 158 Å². The summed E-state index contributed by atoms with van der Waals surface area (Å²) in [6, 6.07) is 14.3. The standard InChI is InChI=1S/C20H23N5S/c1-15-19(26-16(2)21-15)14-24-10-12-25(13-11-24)20-9-8-18(22-23-20)17-6-4-3-5-7-17/h3-9H,10-14H2,1-2H3. The first-order valence-corrected chi connectivity index (χ1v) is 9.80. The van der Waals surface area contributed by atoms with Crippen molar-refractivity contribution in [1.29, 1.82) is 0 Å². The Morgan fingerprint density at radius 3 is 2.31 bits per heavy atom. The lowest BCUT2D eigenvalue weighted by Crippen LogP contribution is -2.46. The maximum atomic E-state index is 4.54. The SMILES string of the molecule is Cc1nc(C)c(CN2CCN(c3ccc(-c4ccccc4)nn3)CC2)s1. The van der Waals surface area contributed by atoms with E-state index < -0.39 is 0 Å². The van der Waals surface area contributed by atoms with E-state index >= 15 is 0 Å². The lowest BCUT2D eigenvalue weighted by Gasteiger charge is -2.35. The number of hydrogen-bond acceptors (Lipinski definition) is 6. The van der Waals surface area contributed by atoms with Gasteiger partial charge in [0.15, 0.2) is 5.82 Å². The molecule has 0 saturated carbocycles. The molecule has 2 aromatic heterocycles. The van der Waals surface area contributed by atoms with Crippen LogP contribution in [0.1, 0.15) is 15.6 Å². The summed E-state index contributed by atoms with van der Waals surface area (Å²) in [6.45, 7) is 9.24. The van der Waals surface area contributed by atoms with Crippen molar-refractivity contribution in [3.05, 3.63) is 58.0 Å². The number of nitrogens with zero attached hydrogens (tertiary/aromatic N) is 5. The van der Waals surface area contributed by atoms with Crippen molar-refractivity contribution in [2.45, 2.75) is 20.4 Å². The lowest BCUT2D eigenvalue weighted by atomic mass is 10.1. The number of aromatic nitrogens is 3. The van der Waals surface area contributed by atoms with E-state index in [4.69, 9.17) is 0 Å². The fourth-order valence-corrected chi connectivity index (χ4v) is 4.29. The molecule has 0 radical (unpaired) electrons. The minimum atomic E-state index is 0.920. The van der Waals surface area contributed by atoms with Gasteiger partial charge in [-0.15, -0.1) is 21.5 Å². The molecule has 1 aliphatic heterocycles. The minimum absolute atomic E-state index is 0.920. The van der Waals surface area contributed by atoms with Gasteiger partial charge in [0.05, 0.1) is 16.4 Å². The average molecular weight is 366 g/mol. The van der Waals surface area contributed by atoms with E-state index in [9.17, 15) is 0 Å². The van der Waals surface area contributed by atoms with E-state index in [1.807, 2.05) is 29.5 Å². The van der Waals surface area contributed by atoms with Crippen molar-refractivity contribution in [3.63, 3.8) is 0 Å². The maximum Gasteiger partial charge on any atom is 0.151 e. The Morgan fingerprint density at radius 2 is 1.69 bits per heavy atom. The van der Waals surface area contributed by atoms with Crippen LogP contribution in [0.25, 0.3) is 11.3 Å². The molecule has 3 aromatic rings. The Balaban J connectivity index is 1.36. The minimum Gasteiger partial charge on any atom is -0.353 e. The molecule has 1 aliphatic rings. The van der Waals surface area contributed by atoms with Crippen molar-refractivity contribution in [2.75, 3.05) is 31.1 Å². The molecule has 1 fully saturated rings. The van der Waals surface area contributed by atoms with Crippen LogP contribution in [0.2, 0.25) is 0 Å². The van der Waals surface area contributed by atoms with Crippen LogP contribution in [0.4, 0.5) is 5.82 Å². The highest BCUT2D eigenvalue weighted by Crippen LogP contribution is 2.22. The second-order valence-electron chi connectivity index (χ2n) is 6.65. The molecule has 4 rings (SSSR count). The van der Waals surface area contributed by atoms with Crippen molar-refractivity contribution in [3.8, 4) is 11.3 Å². The van der Waals surface area contributed by atoms with Gasteiger partial charge < -0.3 is 4.90 Å². The number of hydrogen-bond donors (Lipinski definition) is 0. The molecule has 0 N–H and O–H groups in total. The van der Waals surface area contributed by atoms with Crippen LogP contribution in [0.5, 0.6) is 0 Å². The number of anilines is 1. The Hall–Kier alpha value is -2.31. The van der Waals surface area contributed by atoms with E-state index in [-0.39, 0.29) is 0 Å². The molecule has 5 nitrogen and oxygen atoms in total. The zero-order chi connectivity index (χ0) is 17.9. The molecule has 6 heteroatoms. The molecule has 26 heavy (non-hydrogen) atoms. The summed E-state index contributed by atoms with van der Waals surface area (Å²) in [4.78, 5) is 10.8. The zero-order valence-electron chi connectivity index (χ0n) is 15.2. The van der Waals surface area contributed by atoms with Crippen molar-refractivity contribution < 1.29 is 0 Å². The molecule has 0 unspecified atom stereocenters. The van der Waals surface area contributed by atoms with Gasteiger partial charge in [0.1, 0.15) is 0 Å². The second kappa shape index (κ2) is 7.51. The summed E-state index contributed by atoms with van der Waals surface area (Å²) in [5, 5.41) is 10.0. The van der Waals surface area contributed by atoms with Gasteiger partial charge in [-0.1, -0.05) is 30.3 Å². The molecule has 1 saturated heterocycles. The van der Waals surface area contributed by atoms with Gasteiger partial charge in [0.25, 0.3) is 0 Å². The van der Waals surface area contributed by atoms with Gasteiger partial charge in [-0.05, 0) is 26.0 Å². The fraction of sp³-hybridized carbons (Fsp3) is 0.350. The largest absolute Gasteiger partial charge is 0.353 e. The molecule has 0 spiro atoms. The van der Waals surface area contributed by atoms with Crippen molar-refractivity contribution in [2.24, 2.45) is 0 Å². The van der Waals surface area contributed by atoms with E-state index in [0.29, 0.717) is 0 Å². The highest BCUT2D eigenvalue weighted by Gasteiger charge is 2.20. The fourth-order valence-electron chi connectivity index (χ4n) is 3.32. The normalized spacial score (nSPS) is 15.4. The predicted octanol–water partition coefficient (Wildman–Crippen LogP) is 3.54. The van der Waals surface area contributed by atoms with Crippen LogP contribution in [-0.2, 0) is 6.54 Å². The summed E-state index contributed by atoms with van der Waals surface area (Å²) in [5.74, 6) is 0.967. The van der Waals surface area contributed by atoms with E-state index in [1.54, 1.807) is 0 Å². The lowest BCUT2D eigenvalue weighted by molar-refractivity contribution is 0.250. The van der Waals surface area contributed by atoms with Gasteiger partial charge in [-0.25, -0.2) is 4.98 Å². The number of benzene rings is 1. The highest BCUT2D eigenvalue weighted by molar-refractivity contribution is 7.11. The van der Waals surface area contributed by atoms with Crippen molar-refractivity contribution >= 4 is 17.2 Å². The van der Waals surface area contributed by atoms with E-state index in [2.05, 4.69) is 63.1 Å². The molecular formula is C20H23N5S. The topological polar surface area (TPSA) is 45.2 Å². The third-order valence-electron chi connectivity index (χ3n) is 4.78. The summed E-state index contributed by atoms with van der Waals surface area (Å²) in [6.07, 6.45) is 0. The molecule has 0 atom stereocenters. The molecule has 0 amide bonds. The van der Waals surface area contributed by atoms with E-state index in [0.717, 1.165) is 54.8 Å². The molecule has 3 heterocycles. The zero-order valence-corrected chi connectivity index (χ0v) is 16.0. The summed E-state index contributed by atoms with van der Waals surface area (Å²) in [7, 11) is 0. The van der Waals surface area contributed by atoms with Crippen LogP contribution in [0, 0.1) is 13.8 Å². The highest BCUT2D eigenvalue weighted by atomic mass is 32.1. The van der Waals surface area contributed by atoms with Gasteiger partial charge in [-0.2, -0.15) is 0 Å². The first-order chi connectivity index (χ1) is 12.7. The maximum absolute atomic E-state index is 4.54. The third-order valence-corrected chi connectivity index (χ3v) is 5.84. The van der Waals surface area contributed by atoms with Crippen LogP contribution in [0.15, 0.2) is 42.5 Å². The first-order valence-electron chi connectivity index (χ1n) is 8.98. The average Bonchev–Trinajstić information content (AvgIpc) is 3.00. The van der Waals surface area contributed by atoms with Gasteiger partial charge in [0, 0.05) is 43.2 Å². The molecule has 1 aromatic carbocycles. The second-order valence-corrected chi connectivity index (χ2v) is 7.94. The number of thiazole rings is 1. The van der Waals surface area contributed by atoms with Crippen LogP contribution < -0.4 is 4.90 Å². The van der Waals surface area contributed by atoms with Crippen LogP contribution in [0.3, 0.4) is 0 Å². The Kier molecular flexibility index (Phi) is 4.95. The van der Waals surface area contributed by atoms with Crippen molar-refractivity contribution in [1.82, 2.24) is 20.1 Å². The smallest absolute Gasteiger partial charge is 0.151 e. The van der Waals surface area contributed by atoms with Gasteiger partial charge >= 0.3 is 0 Å². The molecule has 0 aliphatic carbocycles.